The highest BCUT2D eigenvalue weighted by Gasteiger charge is 2.35. The number of urea groups is 1. The van der Waals surface area contributed by atoms with Crippen LogP contribution in [0.3, 0.4) is 0 Å². The Bertz CT molecular complexity index is 1170. The number of hydrogen-bond donors (Lipinski definition) is 3. The molecule has 0 saturated carbocycles. The second-order valence-electron chi connectivity index (χ2n) is 8.84. The summed E-state index contributed by atoms with van der Waals surface area (Å²) in [7, 11) is 0. The van der Waals surface area contributed by atoms with Gasteiger partial charge in [0.05, 0.1) is 4.88 Å². The van der Waals surface area contributed by atoms with Gasteiger partial charge in [-0.1, -0.05) is 34.1 Å². The van der Waals surface area contributed by atoms with Crippen LogP contribution in [0, 0.1) is 5.92 Å². The molecule has 3 aliphatic rings. The number of fused-ring (bicyclic) bond motifs is 4. The van der Waals surface area contributed by atoms with Crippen LogP contribution >= 0.6 is 27.3 Å². The van der Waals surface area contributed by atoms with Gasteiger partial charge in [0.2, 0.25) is 0 Å². The smallest absolute Gasteiger partial charge is 0.319 e. The highest BCUT2D eigenvalue weighted by Crippen LogP contribution is 2.30. The SMILES string of the molecule is O=C(NCCc1cccc(Br)c1)Nc1ccc2cc(C(=O)N[C@H]3CN4CCC3CC4)sc2c1. The molecule has 2 aromatic carbocycles. The largest absolute Gasteiger partial charge is 0.347 e. The minimum Gasteiger partial charge on any atom is -0.347 e. The van der Waals surface area contributed by atoms with Crippen LogP contribution < -0.4 is 16.0 Å². The van der Waals surface area contributed by atoms with E-state index >= 15 is 0 Å². The Kier molecular flexibility index (Phi) is 6.66. The number of carbonyl (C=O) groups is 2. The van der Waals surface area contributed by atoms with E-state index in [-0.39, 0.29) is 18.0 Å². The summed E-state index contributed by atoms with van der Waals surface area (Å²) in [5.41, 5.74) is 1.88. The molecule has 1 aromatic heterocycles. The molecule has 3 saturated heterocycles. The Labute approximate surface area is 205 Å². The number of hydrogen-bond acceptors (Lipinski definition) is 4. The third kappa shape index (κ3) is 5.39. The van der Waals surface area contributed by atoms with Crippen molar-refractivity contribution in [3.8, 4) is 0 Å². The number of nitrogens with one attached hydrogen (secondary N) is 3. The predicted octanol–water partition coefficient (Wildman–Crippen LogP) is 4.85. The van der Waals surface area contributed by atoms with Gasteiger partial charge in [0.25, 0.3) is 5.91 Å². The van der Waals surface area contributed by atoms with Gasteiger partial charge in [0.1, 0.15) is 0 Å². The van der Waals surface area contributed by atoms with Gasteiger partial charge in [-0.05, 0) is 79.6 Å². The van der Waals surface area contributed by atoms with E-state index in [1.807, 2.05) is 42.5 Å². The number of halogens is 1. The molecular weight excluding hydrogens is 500 g/mol. The van der Waals surface area contributed by atoms with Gasteiger partial charge in [0.15, 0.2) is 0 Å². The van der Waals surface area contributed by atoms with Crippen molar-refractivity contribution in [3.05, 3.63) is 63.4 Å². The lowest BCUT2D eigenvalue weighted by Gasteiger charge is -2.44. The van der Waals surface area contributed by atoms with E-state index in [9.17, 15) is 9.59 Å². The molecule has 3 aliphatic heterocycles. The van der Waals surface area contributed by atoms with Crippen LogP contribution in [0.25, 0.3) is 10.1 Å². The molecule has 0 radical (unpaired) electrons. The number of nitrogens with zero attached hydrogens (tertiary/aromatic N) is 1. The van der Waals surface area contributed by atoms with Crippen LogP contribution in [-0.2, 0) is 6.42 Å². The summed E-state index contributed by atoms with van der Waals surface area (Å²) in [5, 5.41) is 10.1. The van der Waals surface area contributed by atoms with Gasteiger partial charge in [-0.2, -0.15) is 0 Å². The van der Waals surface area contributed by atoms with E-state index in [0.29, 0.717) is 18.2 Å². The number of anilines is 1. The lowest BCUT2D eigenvalue weighted by molar-refractivity contribution is 0.0622. The molecule has 172 valence electrons. The maximum Gasteiger partial charge on any atom is 0.319 e. The highest BCUT2D eigenvalue weighted by atomic mass is 79.9. The summed E-state index contributed by atoms with van der Waals surface area (Å²) in [6.07, 6.45) is 3.11. The summed E-state index contributed by atoms with van der Waals surface area (Å²) >= 11 is 4.93. The Morgan fingerprint density at radius 3 is 2.70 bits per heavy atom. The molecule has 6 nitrogen and oxygen atoms in total. The fourth-order valence-electron chi connectivity index (χ4n) is 4.78. The zero-order valence-electron chi connectivity index (χ0n) is 18.3. The van der Waals surface area contributed by atoms with Crippen LogP contribution in [0.2, 0.25) is 0 Å². The van der Waals surface area contributed by atoms with Crippen molar-refractivity contribution in [2.75, 3.05) is 31.5 Å². The molecule has 2 bridgehead atoms. The minimum absolute atomic E-state index is 0.00903. The van der Waals surface area contributed by atoms with Gasteiger partial charge in [0, 0.05) is 34.0 Å². The predicted molar refractivity (Wildman–Crippen MR) is 137 cm³/mol. The molecule has 33 heavy (non-hydrogen) atoms. The van der Waals surface area contributed by atoms with Crippen LogP contribution in [-0.4, -0.2) is 49.1 Å². The normalized spacial score (nSPS) is 21.7. The minimum atomic E-state index is -0.235. The maximum absolute atomic E-state index is 12.9. The average Bonchev–Trinajstić information content (AvgIpc) is 3.24. The van der Waals surface area contributed by atoms with E-state index in [0.717, 1.165) is 51.1 Å². The van der Waals surface area contributed by atoms with Crippen molar-refractivity contribution in [1.82, 2.24) is 15.5 Å². The van der Waals surface area contributed by atoms with Crippen molar-refractivity contribution in [2.24, 2.45) is 5.92 Å². The topological polar surface area (TPSA) is 73.5 Å². The molecule has 3 fully saturated rings. The van der Waals surface area contributed by atoms with Crippen LogP contribution in [0.5, 0.6) is 0 Å². The molecule has 0 spiro atoms. The first-order valence-electron chi connectivity index (χ1n) is 11.4. The summed E-state index contributed by atoms with van der Waals surface area (Å²) in [4.78, 5) is 28.3. The second kappa shape index (κ2) is 9.83. The first-order valence-corrected chi connectivity index (χ1v) is 13.0. The van der Waals surface area contributed by atoms with Crippen molar-refractivity contribution >= 4 is 55.0 Å². The molecule has 1 atom stereocenters. The summed E-state index contributed by atoms with van der Waals surface area (Å²) in [5.74, 6) is 0.612. The van der Waals surface area contributed by atoms with E-state index in [4.69, 9.17) is 0 Å². The lowest BCUT2D eigenvalue weighted by Crippen LogP contribution is -2.57. The number of piperidine rings is 3. The Morgan fingerprint density at radius 1 is 1.09 bits per heavy atom. The monoisotopic (exact) mass is 526 g/mol. The zero-order chi connectivity index (χ0) is 22.8. The van der Waals surface area contributed by atoms with Crippen molar-refractivity contribution in [2.45, 2.75) is 25.3 Å². The molecule has 3 N–H and O–H groups in total. The molecule has 8 heteroatoms. The summed E-state index contributed by atoms with van der Waals surface area (Å²) < 4.78 is 2.02. The van der Waals surface area contributed by atoms with Crippen LogP contribution in [0.4, 0.5) is 10.5 Å². The molecule has 4 heterocycles. The fourth-order valence-corrected chi connectivity index (χ4v) is 6.23. The first-order chi connectivity index (χ1) is 16.0. The molecule has 0 aliphatic carbocycles. The fraction of sp³-hybridized carbons (Fsp3) is 0.360. The third-order valence-corrected chi connectivity index (χ3v) is 8.15. The number of benzene rings is 2. The van der Waals surface area contributed by atoms with Gasteiger partial charge in [-0.25, -0.2) is 4.79 Å². The molecular formula is C25H27BrN4O2S. The second-order valence-corrected chi connectivity index (χ2v) is 10.8. The molecule has 3 amide bonds. The van der Waals surface area contributed by atoms with E-state index in [1.54, 1.807) is 0 Å². The van der Waals surface area contributed by atoms with E-state index in [1.165, 1.54) is 24.2 Å². The number of rotatable bonds is 6. The van der Waals surface area contributed by atoms with E-state index in [2.05, 4.69) is 42.8 Å². The summed E-state index contributed by atoms with van der Waals surface area (Å²) in [6, 6.07) is 15.8. The number of carbonyl (C=O) groups excluding carboxylic acids is 2. The quantitative estimate of drug-likeness (QED) is 0.429. The number of amides is 3. The Hall–Kier alpha value is -2.42. The number of thiophene rings is 1. The van der Waals surface area contributed by atoms with Crippen molar-refractivity contribution in [3.63, 3.8) is 0 Å². The van der Waals surface area contributed by atoms with Crippen molar-refractivity contribution in [1.29, 1.82) is 0 Å². The van der Waals surface area contributed by atoms with Gasteiger partial charge in [-0.3, -0.25) is 4.79 Å². The standard InChI is InChI=1S/C25H27BrN4O2S/c26-19-3-1-2-16(12-19)6-9-27-25(32)28-20-5-4-18-13-23(33-22(18)14-20)24(31)29-21-15-30-10-7-17(21)8-11-30/h1-5,12-14,17,21H,6-11,15H2,(H,29,31)(H2,27,28,32)/t21-/m0/s1. The third-order valence-electron chi connectivity index (χ3n) is 6.56. The van der Waals surface area contributed by atoms with Crippen LogP contribution in [0.1, 0.15) is 28.1 Å². The Balaban J connectivity index is 1.16. The lowest BCUT2D eigenvalue weighted by atomic mass is 9.84. The average molecular weight is 527 g/mol. The highest BCUT2D eigenvalue weighted by molar-refractivity contribution is 9.10. The van der Waals surface area contributed by atoms with Crippen molar-refractivity contribution < 1.29 is 9.59 Å². The van der Waals surface area contributed by atoms with Gasteiger partial charge >= 0.3 is 6.03 Å². The van der Waals surface area contributed by atoms with Gasteiger partial charge in [-0.15, -0.1) is 11.3 Å². The van der Waals surface area contributed by atoms with E-state index < -0.39 is 0 Å². The van der Waals surface area contributed by atoms with Gasteiger partial charge < -0.3 is 20.9 Å². The molecule has 0 unspecified atom stereocenters. The maximum atomic E-state index is 12.9. The Morgan fingerprint density at radius 2 is 1.94 bits per heavy atom. The molecule has 6 rings (SSSR count). The van der Waals surface area contributed by atoms with Crippen LogP contribution in [0.15, 0.2) is 53.0 Å². The first kappa shape index (κ1) is 22.4. The summed E-state index contributed by atoms with van der Waals surface area (Å²) in [6.45, 7) is 3.83. The zero-order valence-corrected chi connectivity index (χ0v) is 20.7. The molecule has 3 aromatic rings.